The highest BCUT2D eigenvalue weighted by Gasteiger charge is 2.19. The highest BCUT2D eigenvalue weighted by atomic mass is 16.5. The molecule has 9 heteroatoms. The van der Waals surface area contributed by atoms with E-state index in [0.717, 1.165) is 25.1 Å². The van der Waals surface area contributed by atoms with E-state index in [2.05, 4.69) is 43.5 Å². The van der Waals surface area contributed by atoms with Gasteiger partial charge in [-0.2, -0.15) is 4.98 Å². The van der Waals surface area contributed by atoms with Crippen molar-refractivity contribution in [2.75, 3.05) is 19.6 Å². The molecule has 32 heavy (non-hydrogen) atoms. The lowest BCUT2D eigenvalue weighted by Crippen LogP contribution is -2.42. The molecule has 4 heterocycles. The Hall–Kier alpha value is -3.56. The molecule has 1 aromatic carbocycles. The standard InChI is InChI=1S/C23H24N6O3/c1-15-25-22(27-32-15)18-6-7-21-26-20(14-29(21)12-18)23(31)24-10-19(30)13-28-9-8-16-4-2-3-5-17(16)11-28/h2-7,12,14,19,30H,8-11,13H2,1H3,(H,24,31)/t19-/m0/s1. The van der Waals surface area contributed by atoms with Crippen LogP contribution in [0.2, 0.25) is 0 Å². The number of imidazole rings is 1. The van der Waals surface area contributed by atoms with Crippen molar-refractivity contribution in [3.05, 3.63) is 71.5 Å². The van der Waals surface area contributed by atoms with E-state index in [-0.39, 0.29) is 18.1 Å². The molecule has 1 atom stereocenters. The maximum absolute atomic E-state index is 12.6. The minimum absolute atomic E-state index is 0.165. The monoisotopic (exact) mass is 432 g/mol. The SMILES string of the molecule is Cc1nc(-c2ccc3nc(C(=O)NC[C@H](O)CN4CCc5ccccc5C4)cn3c2)no1. The fourth-order valence-corrected chi connectivity index (χ4v) is 4.02. The summed E-state index contributed by atoms with van der Waals surface area (Å²) in [6.45, 7) is 4.12. The number of aliphatic hydroxyl groups excluding tert-OH is 1. The van der Waals surface area contributed by atoms with Crippen LogP contribution in [0.15, 0.2) is 53.3 Å². The van der Waals surface area contributed by atoms with Crippen molar-refractivity contribution < 1.29 is 14.4 Å². The number of nitrogens with zero attached hydrogens (tertiary/aromatic N) is 5. The molecule has 1 aliphatic rings. The minimum Gasteiger partial charge on any atom is -0.390 e. The number of aryl methyl sites for hydroxylation is 1. The summed E-state index contributed by atoms with van der Waals surface area (Å²) < 4.78 is 6.77. The number of aliphatic hydroxyl groups is 1. The zero-order valence-electron chi connectivity index (χ0n) is 17.7. The fourth-order valence-electron chi connectivity index (χ4n) is 4.02. The Morgan fingerprint density at radius 3 is 2.84 bits per heavy atom. The number of carbonyl (C=O) groups excluding carboxylic acids is 1. The van der Waals surface area contributed by atoms with Gasteiger partial charge in [-0.15, -0.1) is 0 Å². The van der Waals surface area contributed by atoms with Gasteiger partial charge < -0.3 is 19.3 Å². The maximum atomic E-state index is 12.6. The van der Waals surface area contributed by atoms with Crippen molar-refractivity contribution in [2.45, 2.75) is 26.0 Å². The number of nitrogens with one attached hydrogen (secondary N) is 1. The lowest BCUT2D eigenvalue weighted by Gasteiger charge is -2.30. The van der Waals surface area contributed by atoms with Crippen LogP contribution in [-0.2, 0) is 13.0 Å². The number of rotatable bonds is 6. The zero-order valence-corrected chi connectivity index (χ0v) is 17.7. The normalized spacial score (nSPS) is 14.9. The van der Waals surface area contributed by atoms with Crippen LogP contribution in [0, 0.1) is 6.92 Å². The van der Waals surface area contributed by atoms with Crippen LogP contribution in [0.5, 0.6) is 0 Å². The minimum atomic E-state index is -0.658. The van der Waals surface area contributed by atoms with Gasteiger partial charge in [0.05, 0.1) is 6.10 Å². The maximum Gasteiger partial charge on any atom is 0.271 e. The van der Waals surface area contributed by atoms with Crippen LogP contribution in [-0.4, -0.2) is 61.2 Å². The Morgan fingerprint density at radius 1 is 1.19 bits per heavy atom. The quantitative estimate of drug-likeness (QED) is 0.479. The third-order valence-electron chi connectivity index (χ3n) is 5.65. The first-order valence-corrected chi connectivity index (χ1v) is 10.6. The van der Waals surface area contributed by atoms with Gasteiger partial charge in [0, 0.05) is 51.1 Å². The number of fused-ring (bicyclic) bond motifs is 2. The predicted octanol–water partition coefficient (Wildman–Crippen LogP) is 1.84. The summed E-state index contributed by atoms with van der Waals surface area (Å²) >= 11 is 0. The lowest BCUT2D eigenvalue weighted by atomic mass is 10.00. The number of aromatic nitrogens is 4. The Bertz CT molecular complexity index is 1260. The number of carbonyl (C=O) groups is 1. The van der Waals surface area contributed by atoms with Crippen molar-refractivity contribution in [1.29, 1.82) is 0 Å². The van der Waals surface area contributed by atoms with Gasteiger partial charge in [-0.1, -0.05) is 29.4 Å². The molecule has 0 fully saturated rings. The van der Waals surface area contributed by atoms with Crippen molar-refractivity contribution in [1.82, 2.24) is 29.7 Å². The molecule has 164 valence electrons. The number of hydrogen-bond donors (Lipinski definition) is 2. The molecule has 0 radical (unpaired) electrons. The van der Waals surface area contributed by atoms with Crippen molar-refractivity contribution in [3.8, 4) is 11.4 Å². The van der Waals surface area contributed by atoms with Crippen molar-refractivity contribution in [2.24, 2.45) is 0 Å². The molecular formula is C23H24N6O3. The van der Waals surface area contributed by atoms with E-state index in [1.165, 1.54) is 11.1 Å². The molecule has 2 N–H and O–H groups in total. The number of β-amino-alcohol motifs (C(OH)–C–C–N with tert-alkyl or cyclic N) is 1. The van der Waals surface area contributed by atoms with E-state index in [4.69, 9.17) is 4.52 Å². The summed E-state index contributed by atoms with van der Waals surface area (Å²) in [5.74, 6) is 0.638. The molecule has 0 aliphatic carbocycles. The van der Waals surface area contributed by atoms with E-state index in [1.54, 1.807) is 29.8 Å². The molecule has 1 amide bonds. The first kappa shape index (κ1) is 20.3. The Kier molecular flexibility index (Phi) is 5.42. The van der Waals surface area contributed by atoms with E-state index in [1.807, 2.05) is 12.1 Å². The van der Waals surface area contributed by atoms with Crippen LogP contribution in [0.1, 0.15) is 27.5 Å². The number of amides is 1. The second-order valence-corrected chi connectivity index (χ2v) is 8.06. The van der Waals surface area contributed by atoms with E-state index < -0.39 is 6.10 Å². The Labute approximate surface area is 184 Å². The van der Waals surface area contributed by atoms with E-state index >= 15 is 0 Å². The third kappa shape index (κ3) is 4.25. The molecule has 0 unspecified atom stereocenters. The van der Waals surface area contributed by atoms with Crippen molar-refractivity contribution >= 4 is 11.6 Å². The predicted molar refractivity (Wildman–Crippen MR) is 117 cm³/mol. The molecule has 5 rings (SSSR count). The lowest BCUT2D eigenvalue weighted by molar-refractivity contribution is 0.0838. The van der Waals surface area contributed by atoms with Crippen LogP contribution in [0.4, 0.5) is 0 Å². The van der Waals surface area contributed by atoms with Crippen LogP contribution in [0.3, 0.4) is 0 Å². The van der Waals surface area contributed by atoms with Gasteiger partial charge in [0.1, 0.15) is 11.3 Å². The molecular weight excluding hydrogens is 408 g/mol. The topological polar surface area (TPSA) is 109 Å². The average Bonchev–Trinajstić information content (AvgIpc) is 3.43. The number of pyridine rings is 1. The van der Waals surface area contributed by atoms with Gasteiger partial charge in [-0.25, -0.2) is 4.98 Å². The molecule has 0 saturated carbocycles. The van der Waals surface area contributed by atoms with Gasteiger partial charge in [0.15, 0.2) is 0 Å². The highest BCUT2D eigenvalue weighted by molar-refractivity contribution is 5.92. The first-order chi connectivity index (χ1) is 15.5. The van der Waals surface area contributed by atoms with Crippen molar-refractivity contribution in [3.63, 3.8) is 0 Å². The molecule has 0 spiro atoms. The average molecular weight is 432 g/mol. The number of benzene rings is 1. The smallest absolute Gasteiger partial charge is 0.271 e. The van der Waals surface area contributed by atoms with Gasteiger partial charge in [-0.05, 0) is 29.7 Å². The zero-order chi connectivity index (χ0) is 22.1. The highest BCUT2D eigenvalue weighted by Crippen LogP contribution is 2.19. The van der Waals surface area contributed by atoms with E-state index in [9.17, 15) is 9.90 Å². The van der Waals surface area contributed by atoms with Crippen LogP contribution >= 0.6 is 0 Å². The summed E-state index contributed by atoms with van der Waals surface area (Å²) in [6.07, 6.45) is 3.76. The third-order valence-corrected chi connectivity index (χ3v) is 5.65. The molecule has 4 aromatic rings. The number of hydrogen-bond acceptors (Lipinski definition) is 7. The summed E-state index contributed by atoms with van der Waals surface area (Å²) in [5, 5.41) is 17.1. The van der Waals surface area contributed by atoms with E-state index in [0.29, 0.717) is 23.9 Å². The fraction of sp³-hybridized carbons (Fsp3) is 0.304. The summed E-state index contributed by atoms with van der Waals surface area (Å²) in [6, 6.07) is 12.0. The van der Waals surface area contributed by atoms with Gasteiger partial charge >= 0.3 is 0 Å². The largest absolute Gasteiger partial charge is 0.390 e. The summed E-state index contributed by atoms with van der Waals surface area (Å²) in [5.41, 5.74) is 4.35. The summed E-state index contributed by atoms with van der Waals surface area (Å²) in [7, 11) is 0. The summed E-state index contributed by atoms with van der Waals surface area (Å²) in [4.78, 5) is 23.4. The van der Waals surface area contributed by atoms with Gasteiger partial charge in [0.2, 0.25) is 11.7 Å². The Morgan fingerprint density at radius 2 is 2.03 bits per heavy atom. The Balaban J connectivity index is 1.18. The van der Waals surface area contributed by atoms with Gasteiger partial charge in [-0.3, -0.25) is 9.69 Å². The second-order valence-electron chi connectivity index (χ2n) is 8.06. The second kappa shape index (κ2) is 8.52. The molecule has 3 aromatic heterocycles. The molecule has 0 bridgehead atoms. The molecule has 0 saturated heterocycles. The molecule has 1 aliphatic heterocycles. The first-order valence-electron chi connectivity index (χ1n) is 10.6. The van der Waals surface area contributed by atoms with Crippen LogP contribution < -0.4 is 5.32 Å². The van der Waals surface area contributed by atoms with Crippen LogP contribution in [0.25, 0.3) is 17.0 Å². The van der Waals surface area contributed by atoms with Gasteiger partial charge in [0.25, 0.3) is 5.91 Å². The molecule has 9 nitrogen and oxygen atoms in total.